The zero-order chi connectivity index (χ0) is 17.3. The lowest BCUT2D eigenvalue weighted by molar-refractivity contribution is -0.139. The van der Waals surface area contributed by atoms with Crippen molar-refractivity contribution in [1.82, 2.24) is 25.2 Å². The third-order valence-electron chi connectivity index (χ3n) is 3.20. The molecule has 5 nitrogen and oxygen atoms in total. The number of hydrogen-bond acceptors (Lipinski definition) is 4. The van der Waals surface area contributed by atoms with Crippen molar-refractivity contribution in [3.63, 3.8) is 0 Å². The summed E-state index contributed by atoms with van der Waals surface area (Å²) < 4.78 is 53.5. The molecular formula is C14H8ClF4N5. The third-order valence-corrected chi connectivity index (χ3v) is 3.58. The SMILES string of the molecule is Fc1ccc(-n2nnnc2Cc2cccnc2)c(Cl)c1C(F)(F)F. The van der Waals surface area contributed by atoms with E-state index in [9.17, 15) is 17.6 Å². The molecule has 124 valence electrons. The fraction of sp³-hybridized carbons (Fsp3) is 0.143. The van der Waals surface area contributed by atoms with E-state index in [1.54, 1.807) is 24.5 Å². The lowest BCUT2D eigenvalue weighted by atomic mass is 10.1. The highest BCUT2D eigenvalue weighted by atomic mass is 35.5. The van der Waals surface area contributed by atoms with Crippen LogP contribution in [-0.4, -0.2) is 25.2 Å². The van der Waals surface area contributed by atoms with Crippen molar-refractivity contribution in [2.24, 2.45) is 0 Å². The Labute approximate surface area is 137 Å². The van der Waals surface area contributed by atoms with Gasteiger partial charge in [0.15, 0.2) is 5.82 Å². The number of benzene rings is 1. The first kappa shape index (κ1) is 16.3. The summed E-state index contributed by atoms with van der Waals surface area (Å²) in [6.45, 7) is 0. The van der Waals surface area contributed by atoms with Crippen LogP contribution in [0.15, 0.2) is 36.7 Å². The van der Waals surface area contributed by atoms with Crippen molar-refractivity contribution in [3.8, 4) is 5.69 Å². The maximum Gasteiger partial charge on any atom is 0.420 e. The standard InChI is InChI=1S/C14H8ClF4N5/c15-13-10(4-3-9(16)12(13)14(17,18)19)24-11(21-22-23-24)6-8-2-1-5-20-7-8/h1-5,7H,6H2. The van der Waals surface area contributed by atoms with E-state index in [1.165, 1.54) is 0 Å². The first-order chi connectivity index (χ1) is 11.4. The van der Waals surface area contributed by atoms with Crippen LogP contribution in [0, 0.1) is 5.82 Å². The van der Waals surface area contributed by atoms with Gasteiger partial charge in [0.25, 0.3) is 0 Å². The van der Waals surface area contributed by atoms with Crippen LogP contribution in [0.5, 0.6) is 0 Å². The lowest BCUT2D eigenvalue weighted by Gasteiger charge is -2.14. The molecule has 10 heteroatoms. The van der Waals surface area contributed by atoms with Crippen molar-refractivity contribution in [3.05, 3.63) is 64.5 Å². The Hall–Kier alpha value is -2.55. The largest absolute Gasteiger partial charge is 0.420 e. The Kier molecular flexibility index (Phi) is 4.18. The summed E-state index contributed by atoms with van der Waals surface area (Å²) in [6.07, 6.45) is -1.56. The molecule has 0 aliphatic rings. The van der Waals surface area contributed by atoms with Gasteiger partial charge in [0.2, 0.25) is 0 Å². The number of pyridine rings is 1. The van der Waals surface area contributed by atoms with E-state index in [4.69, 9.17) is 11.6 Å². The Balaban J connectivity index is 2.07. The van der Waals surface area contributed by atoms with Crippen molar-refractivity contribution >= 4 is 11.6 Å². The Morgan fingerprint density at radius 1 is 1.17 bits per heavy atom. The van der Waals surface area contributed by atoms with E-state index < -0.39 is 22.6 Å². The molecular weight excluding hydrogens is 350 g/mol. The molecule has 1 aromatic carbocycles. The van der Waals surface area contributed by atoms with Gasteiger partial charge in [-0.15, -0.1) is 5.10 Å². The van der Waals surface area contributed by atoms with Crippen LogP contribution < -0.4 is 0 Å². The molecule has 0 N–H and O–H groups in total. The highest BCUT2D eigenvalue weighted by Crippen LogP contribution is 2.39. The minimum atomic E-state index is -4.94. The molecule has 0 fully saturated rings. The van der Waals surface area contributed by atoms with Gasteiger partial charge in [-0.2, -0.15) is 17.9 Å². The molecule has 3 rings (SSSR count). The van der Waals surface area contributed by atoms with Crippen LogP contribution in [0.1, 0.15) is 17.0 Å². The Morgan fingerprint density at radius 2 is 1.96 bits per heavy atom. The van der Waals surface area contributed by atoms with Crippen LogP contribution >= 0.6 is 11.6 Å². The Morgan fingerprint density at radius 3 is 2.62 bits per heavy atom. The molecule has 0 saturated carbocycles. The first-order valence-corrected chi connectivity index (χ1v) is 6.97. The summed E-state index contributed by atoms with van der Waals surface area (Å²) in [5, 5.41) is 10.1. The maximum atomic E-state index is 13.5. The average molecular weight is 358 g/mol. The molecule has 0 atom stereocenters. The molecule has 0 spiro atoms. The minimum Gasteiger partial charge on any atom is -0.264 e. The fourth-order valence-electron chi connectivity index (χ4n) is 2.15. The highest BCUT2D eigenvalue weighted by Gasteiger charge is 2.38. The van der Waals surface area contributed by atoms with Gasteiger partial charge in [-0.05, 0) is 34.2 Å². The van der Waals surface area contributed by atoms with E-state index in [-0.39, 0.29) is 17.9 Å². The minimum absolute atomic E-state index is 0.158. The maximum absolute atomic E-state index is 13.5. The van der Waals surface area contributed by atoms with Crippen molar-refractivity contribution in [2.75, 3.05) is 0 Å². The van der Waals surface area contributed by atoms with Gasteiger partial charge in [-0.3, -0.25) is 4.98 Å². The van der Waals surface area contributed by atoms with Crippen molar-refractivity contribution in [2.45, 2.75) is 12.6 Å². The summed E-state index contributed by atoms with van der Waals surface area (Å²) in [7, 11) is 0. The number of alkyl halides is 3. The number of halogens is 5. The van der Waals surface area contributed by atoms with E-state index >= 15 is 0 Å². The molecule has 0 unspecified atom stereocenters. The highest BCUT2D eigenvalue weighted by molar-refractivity contribution is 6.33. The predicted molar refractivity (Wildman–Crippen MR) is 76.2 cm³/mol. The first-order valence-electron chi connectivity index (χ1n) is 6.59. The molecule has 0 amide bonds. The van der Waals surface area contributed by atoms with Gasteiger partial charge < -0.3 is 0 Å². The van der Waals surface area contributed by atoms with Crippen LogP contribution in [0.2, 0.25) is 5.02 Å². The van der Waals surface area contributed by atoms with Gasteiger partial charge in [-0.25, -0.2) is 4.39 Å². The topological polar surface area (TPSA) is 56.5 Å². The zero-order valence-corrected chi connectivity index (χ0v) is 12.6. The third kappa shape index (κ3) is 3.07. The smallest absolute Gasteiger partial charge is 0.264 e. The molecule has 24 heavy (non-hydrogen) atoms. The van der Waals surface area contributed by atoms with Crippen LogP contribution in [0.4, 0.5) is 17.6 Å². The molecule has 2 aromatic heterocycles. The summed E-state index contributed by atoms with van der Waals surface area (Å²) in [6, 6.07) is 5.24. The Bertz CT molecular complexity index is 863. The summed E-state index contributed by atoms with van der Waals surface area (Å²) >= 11 is 5.78. The van der Waals surface area contributed by atoms with Gasteiger partial charge in [0, 0.05) is 18.8 Å². The zero-order valence-electron chi connectivity index (χ0n) is 11.8. The quantitative estimate of drug-likeness (QED) is 0.674. The average Bonchev–Trinajstić information content (AvgIpc) is 2.95. The lowest BCUT2D eigenvalue weighted by Crippen LogP contribution is -2.13. The number of nitrogens with zero attached hydrogens (tertiary/aromatic N) is 5. The summed E-state index contributed by atoms with van der Waals surface area (Å²) in [5.41, 5.74) is -0.957. The van der Waals surface area contributed by atoms with Gasteiger partial charge >= 0.3 is 6.18 Å². The van der Waals surface area contributed by atoms with Crippen LogP contribution in [-0.2, 0) is 12.6 Å². The molecule has 0 aliphatic heterocycles. The van der Waals surface area contributed by atoms with Crippen molar-refractivity contribution in [1.29, 1.82) is 0 Å². The predicted octanol–water partition coefficient (Wildman–Crippen LogP) is 3.46. The van der Waals surface area contributed by atoms with E-state index in [2.05, 4.69) is 20.5 Å². The van der Waals surface area contributed by atoms with Gasteiger partial charge in [0.1, 0.15) is 11.4 Å². The van der Waals surface area contributed by atoms with E-state index in [1.807, 2.05) is 0 Å². The normalized spacial score (nSPS) is 11.7. The number of hydrogen-bond donors (Lipinski definition) is 0. The second-order valence-corrected chi connectivity index (χ2v) is 5.18. The summed E-state index contributed by atoms with van der Waals surface area (Å²) in [5.74, 6) is -1.22. The number of rotatable bonds is 3. The summed E-state index contributed by atoms with van der Waals surface area (Å²) in [4.78, 5) is 3.94. The van der Waals surface area contributed by atoms with Gasteiger partial charge in [-0.1, -0.05) is 17.7 Å². The second kappa shape index (κ2) is 6.16. The van der Waals surface area contributed by atoms with E-state index in [0.717, 1.165) is 16.3 Å². The molecule has 0 aliphatic carbocycles. The monoisotopic (exact) mass is 357 g/mol. The molecule has 3 aromatic rings. The fourth-order valence-corrected chi connectivity index (χ4v) is 2.49. The van der Waals surface area contributed by atoms with Crippen LogP contribution in [0.25, 0.3) is 5.69 Å². The number of tetrazole rings is 1. The number of aromatic nitrogens is 5. The molecule has 2 heterocycles. The molecule has 0 radical (unpaired) electrons. The van der Waals surface area contributed by atoms with Crippen LogP contribution in [0.3, 0.4) is 0 Å². The van der Waals surface area contributed by atoms with Gasteiger partial charge in [0.05, 0.1) is 10.7 Å². The molecule has 0 saturated heterocycles. The second-order valence-electron chi connectivity index (χ2n) is 4.80. The molecule has 0 bridgehead atoms. The van der Waals surface area contributed by atoms with Crippen molar-refractivity contribution < 1.29 is 17.6 Å². The van der Waals surface area contributed by atoms with E-state index in [0.29, 0.717) is 6.07 Å².